The van der Waals surface area contributed by atoms with Crippen molar-refractivity contribution in [3.63, 3.8) is 0 Å². The molecule has 0 unspecified atom stereocenters. The minimum absolute atomic E-state index is 0.0538. The first kappa shape index (κ1) is 30.2. The third kappa shape index (κ3) is 7.31. The maximum Gasteiger partial charge on any atom is 0.303 e. The van der Waals surface area contributed by atoms with Crippen LogP contribution in [0, 0.1) is 0 Å². The number of ether oxygens (including phenoxy) is 4. The van der Waals surface area contributed by atoms with Gasteiger partial charge >= 0.3 is 11.9 Å². The Labute approximate surface area is 243 Å². The number of carbonyl (C=O) groups excluding carboxylic acids is 2. The van der Waals surface area contributed by atoms with Crippen LogP contribution in [0.1, 0.15) is 47.9 Å². The van der Waals surface area contributed by atoms with Gasteiger partial charge in [-0.2, -0.15) is 0 Å². The lowest BCUT2D eigenvalue weighted by atomic mass is 10.1. The second-order valence-corrected chi connectivity index (χ2v) is 10.2. The van der Waals surface area contributed by atoms with E-state index < -0.39 is 11.9 Å². The van der Waals surface area contributed by atoms with Gasteiger partial charge in [0, 0.05) is 39.0 Å². The standard InChI is InChI=1S/C30H34N2O10/c1-18(16-41-25-10-21-14-31(27(33)4-6-29(35)36)12-19(21)8-23(25)39-2)17-42-26-11-22-15-32(28(34)5-7-30(37)38)13-20(22)9-24(26)40-3/h8-11H,1,4-7,12-17H2,2-3H3,(H,35,36)(H,37,38). The van der Waals surface area contributed by atoms with Crippen molar-refractivity contribution in [1.29, 1.82) is 0 Å². The fourth-order valence-corrected chi connectivity index (χ4v) is 4.85. The minimum atomic E-state index is -1.01. The number of amides is 2. The summed E-state index contributed by atoms with van der Waals surface area (Å²) in [6, 6.07) is 7.28. The van der Waals surface area contributed by atoms with Crippen molar-refractivity contribution < 1.29 is 48.3 Å². The highest BCUT2D eigenvalue weighted by molar-refractivity contribution is 5.82. The van der Waals surface area contributed by atoms with E-state index in [1.54, 1.807) is 9.80 Å². The van der Waals surface area contributed by atoms with Crippen molar-refractivity contribution in [3.05, 3.63) is 58.7 Å². The Morgan fingerprint density at radius 1 is 0.643 bits per heavy atom. The molecule has 2 aliphatic heterocycles. The summed E-state index contributed by atoms with van der Waals surface area (Å²) in [5.74, 6) is -0.483. The highest BCUT2D eigenvalue weighted by atomic mass is 16.5. The van der Waals surface area contributed by atoms with Crippen LogP contribution in [-0.4, -0.2) is 71.2 Å². The summed E-state index contributed by atoms with van der Waals surface area (Å²) < 4.78 is 23.0. The summed E-state index contributed by atoms with van der Waals surface area (Å²) in [5.41, 5.74) is 4.26. The van der Waals surface area contributed by atoms with Crippen LogP contribution in [0.4, 0.5) is 0 Å². The quantitative estimate of drug-likeness (QED) is 0.318. The largest absolute Gasteiger partial charge is 0.493 e. The Hall–Kier alpha value is -4.74. The molecule has 2 N–H and O–H groups in total. The van der Waals surface area contributed by atoms with Crippen LogP contribution >= 0.6 is 0 Å². The van der Waals surface area contributed by atoms with Gasteiger partial charge in [0.2, 0.25) is 11.8 Å². The Kier molecular flexibility index (Phi) is 9.56. The number of nitrogens with zero attached hydrogens (tertiary/aromatic N) is 2. The lowest BCUT2D eigenvalue weighted by molar-refractivity contribution is -0.141. The predicted octanol–water partition coefficient (Wildman–Crippen LogP) is 3.13. The monoisotopic (exact) mass is 582 g/mol. The number of benzene rings is 2. The number of methoxy groups -OCH3 is 2. The summed E-state index contributed by atoms with van der Waals surface area (Å²) in [6.45, 7) is 5.79. The van der Waals surface area contributed by atoms with Gasteiger partial charge in [0.15, 0.2) is 23.0 Å². The molecule has 12 nitrogen and oxygen atoms in total. The molecule has 4 rings (SSSR count). The van der Waals surface area contributed by atoms with Gasteiger partial charge in [-0.25, -0.2) is 0 Å². The highest BCUT2D eigenvalue weighted by Gasteiger charge is 2.27. The zero-order chi connectivity index (χ0) is 30.4. The van der Waals surface area contributed by atoms with Crippen LogP contribution in [0.5, 0.6) is 23.0 Å². The average molecular weight is 583 g/mol. The first-order chi connectivity index (χ1) is 20.1. The van der Waals surface area contributed by atoms with Crippen molar-refractivity contribution in [2.75, 3.05) is 27.4 Å². The number of hydrogen-bond acceptors (Lipinski definition) is 8. The number of carboxylic acid groups (broad SMARTS) is 2. The number of carboxylic acids is 2. The Balaban J connectivity index is 1.33. The average Bonchev–Trinajstić information content (AvgIpc) is 3.58. The Bertz CT molecular complexity index is 1300. The Morgan fingerprint density at radius 2 is 0.976 bits per heavy atom. The van der Waals surface area contributed by atoms with Crippen LogP contribution in [0.3, 0.4) is 0 Å². The molecule has 42 heavy (non-hydrogen) atoms. The van der Waals surface area contributed by atoms with Gasteiger partial charge in [-0.05, 0) is 52.1 Å². The van der Waals surface area contributed by atoms with E-state index in [-0.39, 0.29) is 50.7 Å². The molecule has 0 saturated heterocycles. The zero-order valence-electron chi connectivity index (χ0n) is 23.6. The number of aliphatic carboxylic acids is 2. The first-order valence-corrected chi connectivity index (χ1v) is 13.4. The van der Waals surface area contributed by atoms with Crippen LogP contribution < -0.4 is 18.9 Å². The van der Waals surface area contributed by atoms with Crippen LogP contribution in [0.25, 0.3) is 0 Å². The molecule has 0 spiro atoms. The van der Waals surface area contributed by atoms with Crippen molar-refractivity contribution >= 4 is 23.8 Å². The van der Waals surface area contributed by atoms with E-state index in [0.29, 0.717) is 54.8 Å². The van der Waals surface area contributed by atoms with E-state index in [9.17, 15) is 19.2 Å². The van der Waals surface area contributed by atoms with Crippen LogP contribution in [0.2, 0.25) is 0 Å². The van der Waals surface area contributed by atoms with E-state index >= 15 is 0 Å². The molecule has 0 atom stereocenters. The van der Waals surface area contributed by atoms with Crippen LogP contribution in [-0.2, 0) is 45.4 Å². The maximum atomic E-state index is 12.4. The smallest absolute Gasteiger partial charge is 0.303 e. The maximum absolute atomic E-state index is 12.4. The van der Waals surface area contributed by atoms with Gasteiger partial charge in [0.05, 0.1) is 27.1 Å². The highest BCUT2D eigenvalue weighted by Crippen LogP contribution is 2.37. The fraction of sp³-hybridized carbons (Fsp3) is 0.400. The molecule has 2 amide bonds. The van der Waals surface area contributed by atoms with Crippen LogP contribution in [0.15, 0.2) is 36.4 Å². The second kappa shape index (κ2) is 13.3. The van der Waals surface area contributed by atoms with E-state index in [1.807, 2.05) is 24.3 Å². The molecule has 2 aromatic carbocycles. The van der Waals surface area contributed by atoms with Crippen molar-refractivity contribution in [2.45, 2.75) is 51.9 Å². The first-order valence-electron chi connectivity index (χ1n) is 13.4. The molecule has 2 aromatic rings. The Morgan fingerprint density at radius 3 is 1.29 bits per heavy atom. The zero-order valence-corrected chi connectivity index (χ0v) is 23.6. The number of rotatable bonds is 14. The van der Waals surface area contributed by atoms with Gasteiger partial charge in [-0.3, -0.25) is 19.2 Å². The molecule has 2 aliphatic rings. The molecule has 0 saturated carbocycles. The molecule has 0 aliphatic carbocycles. The number of fused-ring (bicyclic) bond motifs is 2. The number of carbonyl (C=O) groups is 4. The van der Waals surface area contributed by atoms with Gasteiger partial charge in [-0.1, -0.05) is 6.58 Å². The molecule has 0 fully saturated rings. The van der Waals surface area contributed by atoms with E-state index in [2.05, 4.69) is 6.58 Å². The minimum Gasteiger partial charge on any atom is -0.493 e. The van der Waals surface area contributed by atoms with Gasteiger partial charge < -0.3 is 39.0 Å². The number of hydrogen-bond donors (Lipinski definition) is 2. The predicted molar refractivity (Wildman–Crippen MR) is 148 cm³/mol. The second-order valence-electron chi connectivity index (χ2n) is 10.2. The van der Waals surface area contributed by atoms with E-state index in [0.717, 1.165) is 22.3 Å². The van der Waals surface area contributed by atoms with E-state index in [1.165, 1.54) is 14.2 Å². The summed E-state index contributed by atoms with van der Waals surface area (Å²) in [4.78, 5) is 49.6. The van der Waals surface area contributed by atoms with Gasteiger partial charge in [0.25, 0.3) is 0 Å². The topological polar surface area (TPSA) is 152 Å². The summed E-state index contributed by atoms with van der Waals surface area (Å²) >= 11 is 0. The lowest BCUT2D eigenvalue weighted by Crippen LogP contribution is -2.25. The van der Waals surface area contributed by atoms with Gasteiger partial charge in [0.1, 0.15) is 13.2 Å². The molecule has 0 bridgehead atoms. The summed E-state index contributed by atoms with van der Waals surface area (Å²) in [7, 11) is 3.05. The summed E-state index contributed by atoms with van der Waals surface area (Å²) in [5, 5.41) is 17.7. The van der Waals surface area contributed by atoms with E-state index in [4.69, 9.17) is 29.2 Å². The molecule has 2 heterocycles. The molecule has 12 heteroatoms. The lowest BCUT2D eigenvalue weighted by Gasteiger charge is -2.16. The molecular formula is C30H34N2O10. The third-order valence-electron chi connectivity index (χ3n) is 7.09. The SMILES string of the molecule is C=C(COc1cc2c(cc1OC)CN(C(=O)CCC(=O)O)C2)COc1cc2c(cc1OC)CN(C(=O)CCC(=O)O)C2. The normalized spacial score (nSPS) is 13.3. The van der Waals surface area contributed by atoms with Crippen molar-refractivity contribution in [3.8, 4) is 23.0 Å². The van der Waals surface area contributed by atoms with Crippen molar-refractivity contribution in [1.82, 2.24) is 9.80 Å². The third-order valence-corrected chi connectivity index (χ3v) is 7.09. The van der Waals surface area contributed by atoms with Crippen molar-refractivity contribution in [2.24, 2.45) is 0 Å². The summed E-state index contributed by atoms with van der Waals surface area (Å²) in [6.07, 6.45) is -0.529. The fourth-order valence-electron chi connectivity index (χ4n) is 4.85. The molecule has 0 radical (unpaired) electrons. The van der Waals surface area contributed by atoms with Gasteiger partial charge in [-0.15, -0.1) is 0 Å². The molecule has 224 valence electrons. The molecule has 0 aromatic heterocycles. The molecular weight excluding hydrogens is 548 g/mol.